The van der Waals surface area contributed by atoms with Crippen LogP contribution in [0.5, 0.6) is 0 Å². The van der Waals surface area contributed by atoms with Crippen molar-refractivity contribution in [2.75, 3.05) is 0 Å². The van der Waals surface area contributed by atoms with E-state index in [0.717, 1.165) is 0 Å². The van der Waals surface area contributed by atoms with Crippen LogP contribution in [-0.2, 0) is 31.3 Å². The first-order valence-electron chi connectivity index (χ1n) is 6.29. The highest BCUT2D eigenvalue weighted by Crippen LogP contribution is 2.63. The number of rotatable bonds is 8. The van der Waals surface area contributed by atoms with Crippen LogP contribution in [0.3, 0.4) is 0 Å². The van der Waals surface area contributed by atoms with Crippen LogP contribution in [0.15, 0.2) is 18.7 Å². The number of hydrogen-bond donors (Lipinski definition) is 5. The molecule has 1 heterocycles. The number of aromatic nitrogens is 2. The molecule has 0 saturated heterocycles. The van der Waals surface area contributed by atoms with Gasteiger partial charge in [-0.05, 0) is 7.60 Å². The molecule has 0 radical (unpaired) electrons. The molecule has 20 heteroatoms. The van der Waals surface area contributed by atoms with Gasteiger partial charge in [0.15, 0.2) is 27.9 Å². The van der Waals surface area contributed by atoms with Crippen molar-refractivity contribution < 1.29 is 72.2 Å². The van der Waals surface area contributed by atoms with Crippen molar-refractivity contribution in [3.63, 3.8) is 0 Å². The van der Waals surface area contributed by atoms with Crippen LogP contribution in [0.4, 0.5) is 0 Å². The Kier molecular flexibility index (Phi) is 6.61. The van der Waals surface area contributed by atoms with E-state index in [1.807, 2.05) is 0 Å². The highest BCUT2D eigenvalue weighted by molar-refractivity contribution is 7.70. The number of aliphatic hydroxyl groups is 2. The molecule has 27 heavy (non-hydrogen) atoms. The maximum Gasteiger partial charge on any atom is 0.244 e. The minimum Gasteiger partial charge on any atom is -0.808 e. The summed E-state index contributed by atoms with van der Waals surface area (Å²) in [6.07, 6.45) is 1.86. The molecule has 4 unspecified atom stereocenters. The third-order valence-corrected chi connectivity index (χ3v) is 10.5. The van der Waals surface area contributed by atoms with E-state index in [0.29, 0.717) is 27.9 Å². The molecule has 1 aromatic rings. The topological polar surface area (TPSA) is 294 Å². The lowest BCUT2D eigenvalue weighted by Crippen LogP contribution is -2.50. The Labute approximate surface area is 150 Å². The Bertz CT molecular complexity index is 771. The Hall–Kier alpha value is -0.270. The highest BCUT2D eigenvalue weighted by atomic mass is 31.2. The molecule has 0 aliphatic carbocycles. The van der Waals surface area contributed by atoms with E-state index in [2.05, 4.69) is 0 Å². The molecular weight excluding hydrogens is 460 g/mol. The summed E-state index contributed by atoms with van der Waals surface area (Å²) in [6, 6.07) is 0. The summed E-state index contributed by atoms with van der Waals surface area (Å²) < 4.78 is 45.1. The lowest BCUT2D eigenvalue weighted by Gasteiger charge is -2.48. The fourth-order valence-corrected chi connectivity index (χ4v) is 5.66. The molecule has 16 nitrogen and oxygen atoms in total. The molecular formula is C7H12N2O14P4-4. The fraction of sp³-hybridized carbons (Fsp3) is 0.571. The molecule has 1 aromatic heterocycles. The zero-order valence-electron chi connectivity index (χ0n) is 12.7. The van der Waals surface area contributed by atoms with Crippen molar-refractivity contribution in [1.82, 2.24) is 4.57 Å². The minimum absolute atomic E-state index is 0.393. The summed E-state index contributed by atoms with van der Waals surface area (Å²) in [5.41, 5.74) is 0. The molecule has 0 spiro atoms. The monoisotopic (exact) mass is 472 g/mol. The van der Waals surface area contributed by atoms with Crippen molar-refractivity contribution in [1.29, 1.82) is 0 Å². The van der Waals surface area contributed by atoms with Gasteiger partial charge in [-0.3, -0.25) is 0 Å². The van der Waals surface area contributed by atoms with Gasteiger partial charge >= 0.3 is 0 Å². The SMILES string of the molecule is O=P([O-])([O-])C(O)(Cn1cc[n+](CC(O)(P(=O)([O-])O)P(=O)([O-])O)c1)P(=O)([O-])O. The van der Waals surface area contributed by atoms with Gasteiger partial charge in [0.25, 0.3) is 0 Å². The predicted molar refractivity (Wildman–Crippen MR) is 71.6 cm³/mol. The Morgan fingerprint density at radius 3 is 1.59 bits per heavy atom. The third kappa shape index (κ3) is 4.84. The Balaban J connectivity index is 3.29. The Morgan fingerprint density at radius 1 is 0.852 bits per heavy atom. The minimum atomic E-state index is -6.38. The van der Waals surface area contributed by atoms with Gasteiger partial charge in [0.1, 0.15) is 25.5 Å². The maximum absolute atomic E-state index is 11.1. The molecule has 0 fully saturated rings. The second-order valence-electron chi connectivity index (χ2n) is 5.37. The standard InChI is InChI=1S/C7H16N2O14P4/c10-6(24(12,13)14,25(15,16)17)3-8-1-2-9(5-8)4-7(11,26(18,19)20)27(21,22)23/h1-2,5,10-11H,3-4H2,(H7-,12,13,14,15,16,17,18,19,20,21,22,23)/p-4. The van der Waals surface area contributed by atoms with Gasteiger partial charge in [0.2, 0.25) is 11.4 Å². The number of nitrogens with zero attached hydrogens (tertiary/aromatic N) is 2. The van der Waals surface area contributed by atoms with E-state index in [1.54, 1.807) is 0 Å². The quantitative estimate of drug-likeness (QED) is 0.174. The van der Waals surface area contributed by atoms with Gasteiger partial charge in [-0.1, -0.05) is 0 Å². The van der Waals surface area contributed by atoms with Gasteiger partial charge in [0, 0.05) is 0 Å². The molecule has 0 aliphatic rings. The highest BCUT2D eigenvalue weighted by Gasteiger charge is 2.50. The summed E-state index contributed by atoms with van der Waals surface area (Å²) in [6.45, 7) is -3.20. The van der Waals surface area contributed by atoms with E-state index in [1.165, 1.54) is 0 Å². The smallest absolute Gasteiger partial charge is 0.244 e. The van der Waals surface area contributed by atoms with E-state index in [4.69, 9.17) is 14.7 Å². The van der Waals surface area contributed by atoms with E-state index < -0.39 is 53.6 Å². The largest absolute Gasteiger partial charge is 0.808 e. The molecule has 0 saturated carbocycles. The second kappa shape index (κ2) is 7.21. The van der Waals surface area contributed by atoms with Crippen molar-refractivity contribution in [2.24, 2.45) is 0 Å². The van der Waals surface area contributed by atoms with Gasteiger partial charge in [-0.25, -0.2) is 9.13 Å². The average Bonchev–Trinajstić information content (AvgIpc) is 2.80. The predicted octanol–water partition coefficient (Wildman–Crippen LogP) is -6.38. The zero-order valence-corrected chi connectivity index (χ0v) is 16.3. The van der Waals surface area contributed by atoms with Gasteiger partial charge in [-0.15, -0.1) is 0 Å². The van der Waals surface area contributed by atoms with E-state index >= 15 is 0 Å². The lowest BCUT2D eigenvalue weighted by atomic mass is 10.6. The summed E-state index contributed by atoms with van der Waals surface area (Å²) >= 11 is 0. The molecule has 1 rings (SSSR count). The second-order valence-corrected chi connectivity index (χ2v) is 13.1. The van der Waals surface area contributed by atoms with Crippen LogP contribution in [0, 0.1) is 0 Å². The van der Waals surface area contributed by atoms with E-state index in [9.17, 15) is 52.9 Å². The number of imidazole rings is 1. The van der Waals surface area contributed by atoms with Crippen molar-refractivity contribution in [2.45, 2.75) is 23.3 Å². The first-order chi connectivity index (χ1) is 11.7. The van der Waals surface area contributed by atoms with Crippen LogP contribution in [-0.4, -0.2) is 39.6 Å². The maximum atomic E-state index is 11.1. The summed E-state index contributed by atoms with van der Waals surface area (Å²) in [7, 11) is -24.8. The van der Waals surface area contributed by atoms with Crippen LogP contribution in [0.25, 0.3) is 0 Å². The molecule has 0 bridgehead atoms. The normalized spacial score (nSPS) is 24.1. The average molecular weight is 472 g/mol. The van der Waals surface area contributed by atoms with Crippen molar-refractivity contribution in [3.8, 4) is 0 Å². The van der Waals surface area contributed by atoms with Crippen LogP contribution >= 0.6 is 30.4 Å². The molecule has 0 aliphatic heterocycles. The van der Waals surface area contributed by atoms with Crippen LogP contribution in [0.2, 0.25) is 0 Å². The fourth-order valence-electron chi connectivity index (χ4n) is 1.78. The van der Waals surface area contributed by atoms with Gasteiger partial charge < -0.3 is 67.6 Å². The molecule has 0 amide bonds. The van der Waals surface area contributed by atoms with Gasteiger partial charge in [0.05, 0.1) is 0 Å². The van der Waals surface area contributed by atoms with Crippen molar-refractivity contribution in [3.05, 3.63) is 18.7 Å². The van der Waals surface area contributed by atoms with Gasteiger partial charge in [-0.2, -0.15) is 0 Å². The third-order valence-electron chi connectivity index (χ3n) is 3.33. The molecule has 4 atom stereocenters. The molecule has 5 N–H and O–H groups in total. The van der Waals surface area contributed by atoms with Crippen LogP contribution < -0.4 is 29.0 Å². The molecule has 0 aromatic carbocycles. The summed E-state index contributed by atoms with van der Waals surface area (Å²) in [4.78, 5) is 81.9. The van der Waals surface area contributed by atoms with Crippen LogP contribution in [0.1, 0.15) is 0 Å². The van der Waals surface area contributed by atoms with Crippen molar-refractivity contribution >= 4 is 30.4 Å². The lowest BCUT2D eigenvalue weighted by molar-refractivity contribution is -0.703. The van der Waals surface area contributed by atoms with E-state index in [-0.39, 0.29) is 0 Å². The first-order valence-corrected chi connectivity index (χ1v) is 12.6. The Morgan fingerprint density at radius 2 is 1.26 bits per heavy atom. The summed E-state index contributed by atoms with van der Waals surface area (Å²) in [5, 5.41) is 10.9. The molecule has 158 valence electrons. The zero-order chi connectivity index (χ0) is 21.7. The summed E-state index contributed by atoms with van der Waals surface area (Å²) in [5.74, 6) is 0. The first kappa shape index (κ1) is 24.8. The number of hydrogen-bond acceptors (Lipinski definition) is 11.